The van der Waals surface area contributed by atoms with Gasteiger partial charge in [-0.1, -0.05) is 54.6 Å². The number of aromatic nitrogens is 2. The molecule has 0 aliphatic carbocycles. The van der Waals surface area contributed by atoms with Gasteiger partial charge in [-0.2, -0.15) is 13.2 Å². The summed E-state index contributed by atoms with van der Waals surface area (Å²) < 4.78 is 31.7. The molecule has 4 aromatic rings. The molecule has 0 bridgehead atoms. The Balaban J connectivity index is 0.000000429. The molecule has 0 unspecified atom stereocenters. The summed E-state index contributed by atoms with van der Waals surface area (Å²) >= 11 is 0. The number of H-pyrrole nitrogens is 1. The number of likely N-dealkylation sites (N-methyl/N-ethyl adjacent to an activating group) is 1. The van der Waals surface area contributed by atoms with E-state index >= 15 is 0 Å². The Morgan fingerprint density at radius 3 is 2.26 bits per heavy atom. The summed E-state index contributed by atoms with van der Waals surface area (Å²) in [6.07, 6.45) is -5.08. The van der Waals surface area contributed by atoms with Gasteiger partial charge in [0.25, 0.3) is 0 Å². The number of carboxylic acid groups (broad SMARTS) is 1. The van der Waals surface area contributed by atoms with E-state index in [1.54, 1.807) is 0 Å². The molecule has 0 aliphatic heterocycles. The fourth-order valence-electron chi connectivity index (χ4n) is 3.29. The van der Waals surface area contributed by atoms with Gasteiger partial charge in [-0.25, -0.2) is 9.78 Å². The maximum absolute atomic E-state index is 10.6. The number of rotatable bonds is 7. The second-order valence-corrected chi connectivity index (χ2v) is 8.16. The lowest BCUT2D eigenvalue weighted by Gasteiger charge is -2.11. The van der Waals surface area contributed by atoms with E-state index in [2.05, 4.69) is 83.9 Å². The number of alkyl halides is 3. The molecule has 0 radical (unpaired) electrons. The van der Waals surface area contributed by atoms with Crippen molar-refractivity contribution in [1.82, 2.24) is 20.2 Å². The van der Waals surface area contributed by atoms with Crippen LogP contribution >= 0.6 is 0 Å². The molecule has 35 heavy (non-hydrogen) atoms. The molecule has 3 N–H and O–H groups in total. The lowest BCUT2D eigenvalue weighted by molar-refractivity contribution is -0.192. The first-order valence-electron chi connectivity index (χ1n) is 10.9. The molecule has 4 rings (SSSR count). The summed E-state index contributed by atoms with van der Waals surface area (Å²) in [5.74, 6) is -1.85. The molecule has 1 aromatic heterocycles. The fraction of sp³-hybridized carbons (Fsp3) is 0.231. The number of hydrogen-bond donors (Lipinski definition) is 3. The van der Waals surface area contributed by atoms with Crippen LogP contribution in [0.1, 0.15) is 5.56 Å². The van der Waals surface area contributed by atoms with Gasteiger partial charge in [-0.3, -0.25) is 0 Å². The second kappa shape index (κ2) is 11.6. The normalized spacial score (nSPS) is 11.4. The van der Waals surface area contributed by atoms with Crippen LogP contribution in [-0.4, -0.2) is 59.3 Å². The van der Waals surface area contributed by atoms with Crippen LogP contribution in [0.3, 0.4) is 0 Å². The molecular weight excluding hydrogens is 457 g/mol. The predicted molar refractivity (Wildman–Crippen MR) is 131 cm³/mol. The van der Waals surface area contributed by atoms with Crippen LogP contribution in [0.25, 0.3) is 33.5 Å². The maximum Gasteiger partial charge on any atom is 0.490 e. The number of benzene rings is 3. The number of nitrogens with zero attached hydrogens (tertiary/aromatic N) is 2. The minimum Gasteiger partial charge on any atom is -0.475 e. The Labute approximate surface area is 201 Å². The van der Waals surface area contributed by atoms with Crippen molar-refractivity contribution >= 4 is 17.0 Å². The molecule has 6 nitrogen and oxygen atoms in total. The molecule has 3 aromatic carbocycles. The third-order valence-corrected chi connectivity index (χ3v) is 5.12. The Bertz CT molecular complexity index is 1220. The van der Waals surface area contributed by atoms with E-state index in [0.29, 0.717) is 0 Å². The Morgan fingerprint density at radius 2 is 1.63 bits per heavy atom. The molecule has 0 saturated carbocycles. The molecule has 0 aliphatic rings. The summed E-state index contributed by atoms with van der Waals surface area (Å²) in [6, 6.07) is 25.5. The van der Waals surface area contributed by atoms with Gasteiger partial charge in [0.2, 0.25) is 0 Å². The van der Waals surface area contributed by atoms with Gasteiger partial charge in [-0.05, 0) is 49.0 Å². The molecule has 0 fully saturated rings. The summed E-state index contributed by atoms with van der Waals surface area (Å²) in [4.78, 5) is 19.2. The maximum atomic E-state index is 10.6. The fourth-order valence-corrected chi connectivity index (χ4v) is 3.29. The van der Waals surface area contributed by atoms with Gasteiger partial charge in [0.05, 0.1) is 11.0 Å². The van der Waals surface area contributed by atoms with E-state index in [1.165, 1.54) is 16.7 Å². The first-order chi connectivity index (χ1) is 16.6. The van der Waals surface area contributed by atoms with Crippen molar-refractivity contribution in [3.8, 4) is 22.5 Å². The third kappa shape index (κ3) is 7.66. The topological polar surface area (TPSA) is 81.2 Å². The number of aromatic amines is 1. The highest BCUT2D eigenvalue weighted by molar-refractivity contribution is 5.80. The van der Waals surface area contributed by atoms with E-state index in [-0.39, 0.29) is 0 Å². The van der Waals surface area contributed by atoms with Crippen molar-refractivity contribution in [2.45, 2.75) is 12.7 Å². The number of carbonyl (C=O) groups is 1. The first kappa shape index (κ1) is 25.9. The second-order valence-electron chi connectivity index (χ2n) is 8.16. The largest absolute Gasteiger partial charge is 0.490 e. The van der Waals surface area contributed by atoms with E-state index in [1.807, 2.05) is 18.2 Å². The first-order valence-corrected chi connectivity index (χ1v) is 10.9. The van der Waals surface area contributed by atoms with Gasteiger partial charge in [-0.15, -0.1) is 0 Å². The van der Waals surface area contributed by atoms with Crippen molar-refractivity contribution < 1.29 is 23.1 Å². The third-order valence-electron chi connectivity index (χ3n) is 5.12. The van der Waals surface area contributed by atoms with E-state index in [9.17, 15) is 13.2 Å². The van der Waals surface area contributed by atoms with Crippen molar-refractivity contribution in [2.75, 3.05) is 27.2 Å². The van der Waals surface area contributed by atoms with Gasteiger partial charge >= 0.3 is 12.1 Å². The van der Waals surface area contributed by atoms with Gasteiger partial charge in [0.15, 0.2) is 0 Å². The van der Waals surface area contributed by atoms with Crippen LogP contribution in [0.15, 0.2) is 72.8 Å². The zero-order valence-electron chi connectivity index (χ0n) is 19.4. The Hall–Kier alpha value is -3.69. The standard InChI is InChI=1S/C24H26N4.C2HF3O2/c1-28(2)15-14-25-17-18-10-12-19(13-11-18)20-6-5-7-21(16-20)24-26-22-8-3-4-9-23(22)27-24;3-2(4,5)1(6)7/h3-13,16,25H,14-15,17H2,1-2H3,(H,26,27);(H,6,7). The van der Waals surface area contributed by atoms with Gasteiger partial charge < -0.3 is 20.3 Å². The van der Waals surface area contributed by atoms with Crippen LogP contribution < -0.4 is 5.32 Å². The highest BCUT2D eigenvalue weighted by Gasteiger charge is 2.38. The molecule has 0 atom stereocenters. The lowest BCUT2D eigenvalue weighted by Crippen LogP contribution is -2.26. The van der Waals surface area contributed by atoms with E-state index in [4.69, 9.17) is 14.9 Å². The summed E-state index contributed by atoms with van der Waals surface area (Å²) in [5, 5.41) is 10.6. The molecule has 0 spiro atoms. The predicted octanol–water partition coefficient (Wildman–Crippen LogP) is 5.18. The SMILES string of the molecule is CN(C)CCNCc1ccc(-c2cccc(-c3nc4ccccc4[nH]3)c2)cc1.O=C(O)C(F)(F)F. The zero-order valence-corrected chi connectivity index (χ0v) is 19.4. The smallest absolute Gasteiger partial charge is 0.475 e. The molecule has 1 heterocycles. The van der Waals surface area contributed by atoms with Crippen LogP contribution in [0, 0.1) is 0 Å². The number of halogens is 3. The van der Waals surface area contributed by atoms with Gasteiger partial charge in [0, 0.05) is 25.2 Å². The highest BCUT2D eigenvalue weighted by Crippen LogP contribution is 2.26. The van der Waals surface area contributed by atoms with Gasteiger partial charge in [0.1, 0.15) is 5.82 Å². The molecule has 0 amide bonds. The average Bonchev–Trinajstić information content (AvgIpc) is 3.26. The number of imidazole rings is 1. The summed E-state index contributed by atoms with van der Waals surface area (Å²) in [5.41, 5.74) is 6.88. The lowest BCUT2D eigenvalue weighted by atomic mass is 10.0. The number of para-hydroxylation sites is 2. The quantitative estimate of drug-likeness (QED) is 0.315. The van der Waals surface area contributed by atoms with E-state index < -0.39 is 12.1 Å². The molecule has 9 heteroatoms. The van der Waals surface area contributed by atoms with Crippen molar-refractivity contribution in [3.05, 3.63) is 78.4 Å². The number of carboxylic acids is 1. The summed E-state index contributed by atoms with van der Waals surface area (Å²) in [6.45, 7) is 2.94. The molecular formula is C26H27F3N4O2. The number of nitrogens with one attached hydrogen (secondary N) is 2. The Morgan fingerprint density at radius 1 is 0.971 bits per heavy atom. The highest BCUT2D eigenvalue weighted by atomic mass is 19.4. The van der Waals surface area contributed by atoms with Crippen LogP contribution in [-0.2, 0) is 11.3 Å². The average molecular weight is 485 g/mol. The monoisotopic (exact) mass is 484 g/mol. The molecule has 0 saturated heterocycles. The van der Waals surface area contributed by atoms with Crippen molar-refractivity contribution in [3.63, 3.8) is 0 Å². The van der Waals surface area contributed by atoms with Crippen molar-refractivity contribution in [1.29, 1.82) is 0 Å². The number of aliphatic carboxylic acids is 1. The van der Waals surface area contributed by atoms with Crippen molar-refractivity contribution in [2.24, 2.45) is 0 Å². The number of fused-ring (bicyclic) bond motifs is 1. The minimum absolute atomic E-state index is 0.896. The minimum atomic E-state index is -5.08. The van der Waals surface area contributed by atoms with Crippen LogP contribution in [0.5, 0.6) is 0 Å². The van der Waals surface area contributed by atoms with Crippen LogP contribution in [0.2, 0.25) is 0 Å². The summed E-state index contributed by atoms with van der Waals surface area (Å²) in [7, 11) is 4.19. The Kier molecular flexibility index (Phi) is 8.62. The zero-order chi connectivity index (χ0) is 25.4. The number of hydrogen-bond acceptors (Lipinski definition) is 4. The van der Waals surface area contributed by atoms with Crippen LogP contribution in [0.4, 0.5) is 13.2 Å². The molecule has 184 valence electrons. The van der Waals surface area contributed by atoms with E-state index in [0.717, 1.165) is 42.1 Å².